The summed E-state index contributed by atoms with van der Waals surface area (Å²) in [6.07, 6.45) is 3.57. The van der Waals surface area contributed by atoms with E-state index in [1.54, 1.807) is 6.20 Å². The summed E-state index contributed by atoms with van der Waals surface area (Å²) in [5.41, 5.74) is 1.05. The van der Waals surface area contributed by atoms with Crippen molar-refractivity contribution in [3.8, 4) is 6.07 Å². The molecule has 1 atom stereocenters. The molecule has 1 rings (SSSR count). The van der Waals surface area contributed by atoms with Gasteiger partial charge in [-0.15, -0.1) is 0 Å². The molecule has 0 aliphatic rings. The van der Waals surface area contributed by atoms with Crippen molar-refractivity contribution in [1.82, 2.24) is 4.98 Å². The van der Waals surface area contributed by atoms with Crippen LogP contribution >= 0.6 is 15.9 Å². The van der Waals surface area contributed by atoms with E-state index in [4.69, 9.17) is 5.26 Å². The highest BCUT2D eigenvalue weighted by Crippen LogP contribution is 2.18. The second-order valence-electron chi connectivity index (χ2n) is 3.43. The van der Waals surface area contributed by atoms with Gasteiger partial charge in [0.25, 0.3) is 0 Å². The number of nitrogens with zero attached hydrogens (tertiary/aromatic N) is 3. The Morgan fingerprint density at radius 1 is 1.60 bits per heavy atom. The maximum atomic E-state index is 8.78. The van der Waals surface area contributed by atoms with E-state index in [-0.39, 0.29) is 5.92 Å². The first-order valence-electron chi connectivity index (χ1n) is 4.92. The smallest absolute Gasteiger partial charge is 0.0671 e. The third kappa shape index (κ3) is 3.52. The minimum absolute atomic E-state index is 0.0314. The van der Waals surface area contributed by atoms with Gasteiger partial charge in [0.1, 0.15) is 0 Å². The quantitative estimate of drug-likeness (QED) is 0.843. The Balaban J connectivity index is 2.79. The van der Waals surface area contributed by atoms with Crippen molar-refractivity contribution in [2.45, 2.75) is 13.8 Å². The SMILES string of the molecule is CCN(CC(C)C#N)c1cncc(Br)c1. The van der Waals surface area contributed by atoms with Crippen molar-refractivity contribution in [3.05, 3.63) is 22.9 Å². The predicted octanol–water partition coefficient (Wildman–Crippen LogP) is 2.83. The van der Waals surface area contributed by atoms with Crippen molar-refractivity contribution in [3.63, 3.8) is 0 Å². The van der Waals surface area contributed by atoms with E-state index in [0.717, 1.165) is 23.2 Å². The third-order valence-electron chi connectivity index (χ3n) is 2.15. The van der Waals surface area contributed by atoms with Crippen molar-refractivity contribution in [2.24, 2.45) is 5.92 Å². The van der Waals surface area contributed by atoms with E-state index in [2.05, 4.69) is 38.8 Å². The predicted molar refractivity (Wildman–Crippen MR) is 64.6 cm³/mol. The first-order valence-corrected chi connectivity index (χ1v) is 5.71. The molecule has 0 aliphatic carbocycles. The highest BCUT2D eigenvalue weighted by atomic mass is 79.9. The number of halogens is 1. The maximum absolute atomic E-state index is 8.78. The molecule has 0 bridgehead atoms. The van der Waals surface area contributed by atoms with Gasteiger partial charge in [-0.1, -0.05) is 0 Å². The van der Waals surface area contributed by atoms with Crippen LogP contribution in [-0.2, 0) is 0 Å². The average molecular weight is 268 g/mol. The van der Waals surface area contributed by atoms with E-state index >= 15 is 0 Å². The fraction of sp³-hybridized carbons (Fsp3) is 0.455. The van der Waals surface area contributed by atoms with Crippen LogP contribution in [-0.4, -0.2) is 18.1 Å². The second-order valence-corrected chi connectivity index (χ2v) is 4.35. The Bertz CT molecular complexity index is 359. The van der Waals surface area contributed by atoms with Crippen LogP contribution in [0.2, 0.25) is 0 Å². The maximum Gasteiger partial charge on any atom is 0.0671 e. The Hall–Kier alpha value is -1.08. The summed E-state index contributed by atoms with van der Waals surface area (Å²) in [5.74, 6) is 0.0314. The normalized spacial score (nSPS) is 11.9. The van der Waals surface area contributed by atoms with Gasteiger partial charge in [-0.3, -0.25) is 4.98 Å². The fourth-order valence-corrected chi connectivity index (χ4v) is 1.71. The minimum Gasteiger partial charge on any atom is -0.369 e. The molecule has 1 aromatic rings. The Labute approximate surface area is 98.9 Å². The second kappa shape index (κ2) is 5.72. The number of aromatic nitrogens is 1. The zero-order valence-corrected chi connectivity index (χ0v) is 10.5. The molecule has 3 nitrogen and oxygen atoms in total. The summed E-state index contributed by atoms with van der Waals surface area (Å²) in [4.78, 5) is 6.26. The molecule has 1 unspecified atom stereocenters. The van der Waals surface area contributed by atoms with Gasteiger partial charge in [-0.05, 0) is 35.8 Å². The molecule has 80 valence electrons. The molecule has 0 spiro atoms. The summed E-state index contributed by atoms with van der Waals surface area (Å²) in [5, 5.41) is 8.78. The molecule has 15 heavy (non-hydrogen) atoms. The van der Waals surface area contributed by atoms with E-state index < -0.39 is 0 Å². The zero-order valence-electron chi connectivity index (χ0n) is 8.94. The summed E-state index contributed by atoms with van der Waals surface area (Å²) in [6.45, 7) is 5.62. The van der Waals surface area contributed by atoms with Gasteiger partial charge in [0.15, 0.2) is 0 Å². The number of anilines is 1. The minimum atomic E-state index is 0.0314. The van der Waals surface area contributed by atoms with Gasteiger partial charge in [-0.25, -0.2) is 0 Å². The van der Waals surface area contributed by atoms with Gasteiger partial charge in [0.2, 0.25) is 0 Å². The largest absolute Gasteiger partial charge is 0.369 e. The van der Waals surface area contributed by atoms with Crippen LogP contribution in [0, 0.1) is 17.2 Å². The molecule has 1 aromatic heterocycles. The third-order valence-corrected chi connectivity index (χ3v) is 2.59. The van der Waals surface area contributed by atoms with Gasteiger partial charge in [0, 0.05) is 23.8 Å². The number of pyridine rings is 1. The summed E-state index contributed by atoms with van der Waals surface area (Å²) in [7, 11) is 0. The molecule has 0 aliphatic heterocycles. The van der Waals surface area contributed by atoms with Crippen molar-refractivity contribution in [2.75, 3.05) is 18.0 Å². The lowest BCUT2D eigenvalue weighted by Gasteiger charge is -2.23. The van der Waals surface area contributed by atoms with E-state index in [0.29, 0.717) is 0 Å². The molecule has 0 amide bonds. The number of nitriles is 1. The van der Waals surface area contributed by atoms with Crippen molar-refractivity contribution >= 4 is 21.6 Å². The molecule has 0 fully saturated rings. The molecule has 1 heterocycles. The van der Waals surface area contributed by atoms with Crippen LogP contribution in [0.1, 0.15) is 13.8 Å². The number of rotatable bonds is 4. The van der Waals surface area contributed by atoms with Crippen LogP contribution in [0.5, 0.6) is 0 Å². The molecule has 0 N–H and O–H groups in total. The van der Waals surface area contributed by atoms with E-state index in [1.165, 1.54) is 0 Å². The first kappa shape index (κ1) is 12.0. The van der Waals surface area contributed by atoms with E-state index in [1.807, 2.05) is 19.2 Å². The number of hydrogen-bond acceptors (Lipinski definition) is 3. The molecular weight excluding hydrogens is 254 g/mol. The Morgan fingerprint density at radius 2 is 2.33 bits per heavy atom. The fourth-order valence-electron chi connectivity index (χ4n) is 1.36. The van der Waals surface area contributed by atoms with Crippen molar-refractivity contribution < 1.29 is 0 Å². The first-order chi connectivity index (χ1) is 7.17. The standard InChI is InChI=1S/C11H14BrN3/c1-3-15(8-9(2)5-13)11-4-10(12)6-14-7-11/h4,6-7,9H,3,8H2,1-2H3. The zero-order chi connectivity index (χ0) is 11.3. The van der Waals surface area contributed by atoms with Crippen LogP contribution in [0.4, 0.5) is 5.69 Å². The topological polar surface area (TPSA) is 39.9 Å². The number of hydrogen-bond donors (Lipinski definition) is 0. The lowest BCUT2D eigenvalue weighted by atomic mass is 10.2. The lowest BCUT2D eigenvalue weighted by Crippen LogP contribution is -2.27. The van der Waals surface area contributed by atoms with Gasteiger partial charge in [-0.2, -0.15) is 5.26 Å². The summed E-state index contributed by atoms with van der Waals surface area (Å²) >= 11 is 3.39. The van der Waals surface area contributed by atoms with Gasteiger partial charge in [0.05, 0.1) is 23.9 Å². The average Bonchev–Trinajstić information content (AvgIpc) is 2.25. The van der Waals surface area contributed by atoms with Crippen molar-refractivity contribution in [1.29, 1.82) is 5.26 Å². The molecule has 0 saturated heterocycles. The monoisotopic (exact) mass is 267 g/mol. The lowest BCUT2D eigenvalue weighted by molar-refractivity contribution is 0.685. The molecule has 0 radical (unpaired) electrons. The van der Waals surface area contributed by atoms with Crippen LogP contribution < -0.4 is 4.90 Å². The van der Waals surface area contributed by atoms with Gasteiger partial charge < -0.3 is 4.90 Å². The highest BCUT2D eigenvalue weighted by Gasteiger charge is 2.09. The molecule has 0 aromatic carbocycles. The Kier molecular flexibility index (Phi) is 4.57. The molecular formula is C11H14BrN3. The van der Waals surface area contributed by atoms with Crippen LogP contribution in [0.3, 0.4) is 0 Å². The Morgan fingerprint density at radius 3 is 2.87 bits per heavy atom. The van der Waals surface area contributed by atoms with Gasteiger partial charge >= 0.3 is 0 Å². The summed E-state index contributed by atoms with van der Waals surface area (Å²) < 4.78 is 0.961. The molecule has 0 saturated carbocycles. The highest BCUT2D eigenvalue weighted by molar-refractivity contribution is 9.10. The van der Waals surface area contributed by atoms with Crippen LogP contribution in [0.25, 0.3) is 0 Å². The van der Waals surface area contributed by atoms with E-state index in [9.17, 15) is 0 Å². The molecule has 4 heteroatoms. The van der Waals surface area contributed by atoms with Crippen LogP contribution in [0.15, 0.2) is 22.9 Å². The summed E-state index contributed by atoms with van der Waals surface area (Å²) in [6, 6.07) is 4.25.